The van der Waals surface area contributed by atoms with Crippen molar-refractivity contribution in [1.82, 2.24) is 24.7 Å². The van der Waals surface area contributed by atoms with E-state index in [9.17, 15) is 4.79 Å². The average Bonchev–Trinajstić information content (AvgIpc) is 3.40. The first-order valence-electron chi connectivity index (χ1n) is 10.4. The zero-order valence-corrected chi connectivity index (χ0v) is 19.7. The van der Waals surface area contributed by atoms with E-state index in [2.05, 4.69) is 27.8 Å². The maximum Gasteiger partial charge on any atom is 0.273 e. The Balaban J connectivity index is 1.12. The first-order chi connectivity index (χ1) is 15.1. The van der Waals surface area contributed by atoms with Crippen molar-refractivity contribution in [3.05, 3.63) is 56.4 Å². The molecule has 162 valence electrons. The number of aryl methyl sites for hydroxylation is 1. The molecule has 0 spiro atoms. The van der Waals surface area contributed by atoms with Crippen LogP contribution >= 0.6 is 34.3 Å². The van der Waals surface area contributed by atoms with Crippen LogP contribution in [0.3, 0.4) is 0 Å². The first-order valence-corrected chi connectivity index (χ1v) is 12.6. The lowest BCUT2D eigenvalue weighted by Gasteiger charge is -2.48. The molecule has 2 fully saturated rings. The molecule has 3 aromatic rings. The van der Waals surface area contributed by atoms with E-state index in [-0.39, 0.29) is 5.91 Å². The Morgan fingerprint density at radius 3 is 2.74 bits per heavy atom. The van der Waals surface area contributed by atoms with E-state index in [1.165, 1.54) is 16.2 Å². The number of hydrogen-bond acceptors (Lipinski definition) is 7. The third-order valence-electron chi connectivity index (χ3n) is 6.04. The van der Waals surface area contributed by atoms with E-state index in [1.54, 1.807) is 16.8 Å². The van der Waals surface area contributed by atoms with Crippen LogP contribution in [0.25, 0.3) is 10.6 Å². The van der Waals surface area contributed by atoms with E-state index < -0.39 is 0 Å². The predicted octanol–water partition coefficient (Wildman–Crippen LogP) is 3.87. The molecule has 9 heteroatoms. The molecule has 4 heterocycles. The van der Waals surface area contributed by atoms with Crippen LogP contribution in [0.1, 0.15) is 21.1 Å². The molecule has 0 radical (unpaired) electrons. The van der Waals surface area contributed by atoms with Gasteiger partial charge in [-0.05, 0) is 19.1 Å². The minimum Gasteiger partial charge on any atom is -0.335 e. The molecule has 0 atom stereocenters. The lowest BCUT2D eigenvalue weighted by atomic mass is 10.1. The Hall–Kier alpha value is -1.84. The van der Waals surface area contributed by atoms with E-state index in [0.717, 1.165) is 67.1 Å². The van der Waals surface area contributed by atoms with Crippen LogP contribution in [0.15, 0.2) is 35.2 Å². The van der Waals surface area contributed by atoms with Gasteiger partial charge < -0.3 is 4.90 Å². The molecule has 31 heavy (non-hydrogen) atoms. The number of amides is 1. The number of aromatic nitrogens is 2. The van der Waals surface area contributed by atoms with Crippen LogP contribution in [0, 0.1) is 6.92 Å². The summed E-state index contributed by atoms with van der Waals surface area (Å²) in [7, 11) is 0. The molecule has 2 aliphatic rings. The summed E-state index contributed by atoms with van der Waals surface area (Å²) >= 11 is 9.37. The smallest absolute Gasteiger partial charge is 0.273 e. The average molecular weight is 474 g/mol. The van der Waals surface area contributed by atoms with Crippen LogP contribution in [0.2, 0.25) is 5.02 Å². The summed E-state index contributed by atoms with van der Waals surface area (Å²) < 4.78 is 0. The van der Waals surface area contributed by atoms with Crippen LogP contribution < -0.4 is 0 Å². The third kappa shape index (κ3) is 4.54. The molecule has 2 aliphatic heterocycles. The number of hydrogen-bond donors (Lipinski definition) is 0. The summed E-state index contributed by atoms with van der Waals surface area (Å²) in [6, 6.07) is 8.48. The molecule has 2 aromatic heterocycles. The number of piperazine rings is 1. The van der Waals surface area contributed by atoms with Gasteiger partial charge >= 0.3 is 0 Å². The van der Waals surface area contributed by atoms with Gasteiger partial charge in [-0.25, -0.2) is 9.97 Å². The monoisotopic (exact) mass is 473 g/mol. The second-order valence-electron chi connectivity index (χ2n) is 8.09. The molecule has 0 unspecified atom stereocenters. The maximum atomic E-state index is 12.5. The maximum absolute atomic E-state index is 12.5. The van der Waals surface area contributed by atoms with Gasteiger partial charge in [-0.3, -0.25) is 14.6 Å². The second kappa shape index (κ2) is 8.96. The fourth-order valence-corrected chi connectivity index (χ4v) is 6.01. The van der Waals surface area contributed by atoms with Gasteiger partial charge in [0.1, 0.15) is 10.7 Å². The van der Waals surface area contributed by atoms with E-state index in [4.69, 9.17) is 16.6 Å². The number of thiazole rings is 2. The Bertz CT molecular complexity index is 1060. The third-order valence-corrected chi connectivity index (χ3v) is 8.05. The predicted molar refractivity (Wildman–Crippen MR) is 126 cm³/mol. The standard InChI is InChI=1S/C22H24ClN5OS2/c1-15-20(31-21(25-15)16-3-2-4-17(23)9-16)12-26-10-18(11-26)27-5-7-28(8-6-27)22(29)19-13-30-14-24-19/h2-4,9,13-14,18H,5-8,10-12H2,1H3. The van der Waals surface area contributed by atoms with E-state index >= 15 is 0 Å². The highest BCUT2D eigenvalue weighted by Crippen LogP contribution is 2.31. The number of halogens is 1. The number of benzene rings is 1. The van der Waals surface area contributed by atoms with Crippen molar-refractivity contribution >= 4 is 40.2 Å². The molecule has 6 nitrogen and oxygen atoms in total. The molecule has 0 N–H and O–H groups in total. The van der Waals surface area contributed by atoms with E-state index in [1.807, 2.05) is 28.5 Å². The number of nitrogens with zero attached hydrogens (tertiary/aromatic N) is 5. The molecule has 2 saturated heterocycles. The zero-order valence-electron chi connectivity index (χ0n) is 17.3. The highest BCUT2D eigenvalue weighted by Gasteiger charge is 2.35. The summed E-state index contributed by atoms with van der Waals surface area (Å²) in [6.07, 6.45) is 0. The van der Waals surface area contributed by atoms with Crippen molar-refractivity contribution in [2.24, 2.45) is 0 Å². The lowest BCUT2D eigenvalue weighted by Crippen LogP contribution is -2.63. The fourth-order valence-electron chi connectivity index (χ4n) is 4.20. The largest absolute Gasteiger partial charge is 0.335 e. The topological polar surface area (TPSA) is 52.6 Å². The fraction of sp³-hybridized carbons (Fsp3) is 0.409. The summed E-state index contributed by atoms with van der Waals surface area (Å²) in [5.74, 6) is 0.0623. The Morgan fingerprint density at radius 1 is 1.23 bits per heavy atom. The normalized spacial score (nSPS) is 18.3. The van der Waals surface area contributed by atoms with Crippen molar-refractivity contribution in [3.8, 4) is 10.6 Å². The molecule has 1 aromatic carbocycles. The van der Waals surface area contributed by atoms with Crippen LogP contribution in [-0.2, 0) is 6.54 Å². The lowest BCUT2D eigenvalue weighted by molar-refractivity contribution is 0.00280. The Labute approximate surface area is 195 Å². The first kappa shape index (κ1) is 21.0. The molecule has 0 aliphatic carbocycles. The minimum absolute atomic E-state index is 0.0623. The SMILES string of the molecule is Cc1nc(-c2cccc(Cl)c2)sc1CN1CC(N2CCN(C(=O)c3cscn3)CC2)C1. The number of carbonyl (C=O) groups excluding carboxylic acids is 1. The quantitative estimate of drug-likeness (QED) is 0.563. The van der Waals surface area contributed by atoms with Crippen LogP contribution in [0.4, 0.5) is 0 Å². The van der Waals surface area contributed by atoms with Crippen LogP contribution in [-0.4, -0.2) is 75.9 Å². The van der Waals surface area contributed by atoms with Gasteiger partial charge in [0, 0.05) is 72.7 Å². The molecular formula is C22H24ClN5OS2. The summed E-state index contributed by atoms with van der Waals surface area (Å²) in [5.41, 5.74) is 4.48. The van der Waals surface area contributed by atoms with E-state index in [0.29, 0.717) is 11.7 Å². The zero-order chi connectivity index (χ0) is 21.4. The minimum atomic E-state index is 0.0623. The highest BCUT2D eigenvalue weighted by atomic mass is 35.5. The van der Waals surface area contributed by atoms with Gasteiger partial charge in [0.05, 0.1) is 11.2 Å². The van der Waals surface area contributed by atoms with Crippen molar-refractivity contribution in [2.45, 2.75) is 19.5 Å². The molecule has 1 amide bonds. The Kier molecular flexibility index (Phi) is 6.08. The van der Waals surface area contributed by atoms with Crippen molar-refractivity contribution in [2.75, 3.05) is 39.3 Å². The number of likely N-dealkylation sites (tertiary alicyclic amines) is 1. The van der Waals surface area contributed by atoms with Gasteiger partial charge in [0.15, 0.2) is 0 Å². The van der Waals surface area contributed by atoms with Crippen molar-refractivity contribution < 1.29 is 4.79 Å². The Morgan fingerprint density at radius 2 is 2.03 bits per heavy atom. The molecular weight excluding hydrogens is 450 g/mol. The summed E-state index contributed by atoms with van der Waals surface area (Å²) in [6.45, 7) is 8.62. The summed E-state index contributed by atoms with van der Waals surface area (Å²) in [5, 5.41) is 3.61. The molecule has 0 saturated carbocycles. The highest BCUT2D eigenvalue weighted by molar-refractivity contribution is 7.15. The van der Waals surface area contributed by atoms with Gasteiger partial charge in [0.2, 0.25) is 0 Å². The van der Waals surface area contributed by atoms with Gasteiger partial charge in [-0.2, -0.15) is 0 Å². The molecule has 5 rings (SSSR count). The summed E-state index contributed by atoms with van der Waals surface area (Å²) in [4.78, 5) is 29.7. The number of carbonyl (C=O) groups is 1. The van der Waals surface area contributed by atoms with Crippen molar-refractivity contribution in [1.29, 1.82) is 0 Å². The van der Waals surface area contributed by atoms with Gasteiger partial charge in [0.25, 0.3) is 5.91 Å². The van der Waals surface area contributed by atoms with Gasteiger partial charge in [-0.1, -0.05) is 23.7 Å². The van der Waals surface area contributed by atoms with Gasteiger partial charge in [-0.15, -0.1) is 22.7 Å². The number of rotatable bonds is 5. The second-order valence-corrected chi connectivity index (χ2v) is 10.3. The molecule has 0 bridgehead atoms. The van der Waals surface area contributed by atoms with Crippen molar-refractivity contribution in [3.63, 3.8) is 0 Å². The van der Waals surface area contributed by atoms with Crippen LogP contribution in [0.5, 0.6) is 0 Å².